The number of rotatable bonds is 8. The number of likely N-dealkylation sites (N-methyl/N-ethyl adjacent to an activating group) is 1. The Hall–Kier alpha value is 0.490. The van der Waals surface area contributed by atoms with Crippen LogP contribution in [0.3, 0.4) is 0 Å². The Labute approximate surface area is 122 Å². The van der Waals surface area contributed by atoms with Crippen LogP contribution in [-0.4, -0.2) is 24.1 Å². The molecular weight excluding hydrogens is 314 g/mol. The molecule has 1 unspecified atom stereocenters. The largest absolute Gasteiger partial charge is 0.313 e. The highest BCUT2D eigenvalue weighted by molar-refractivity contribution is 9.10. The quantitative estimate of drug-likeness (QED) is 0.754. The van der Waals surface area contributed by atoms with Gasteiger partial charge in [-0.25, -0.2) is 0 Å². The van der Waals surface area contributed by atoms with Crippen LogP contribution < -0.4 is 5.32 Å². The zero-order valence-corrected chi connectivity index (χ0v) is 14.1. The maximum Gasteiger partial charge on any atom is 0.0285 e. The Morgan fingerprint density at radius 1 is 1.41 bits per heavy atom. The van der Waals surface area contributed by atoms with Crippen molar-refractivity contribution in [3.8, 4) is 0 Å². The molecule has 1 atom stereocenters. The van der Waals surface area contributed by atoms with E-state index in [0.717, 1.165) is 18.9 Å². The van der Waals surface area contributed by atoms with E-state index in [0.29, 0.717) is 6.04 Å². The van der Waals surface area contributed by atoms with Gasteiger partial charge in [-0.1, -0.05) is 20.8 Å². The minimum atomic E-state index is 0.606. The Morgan fingerprint density at radius 3 is 2.71 bits per heavy atom. The average molecular weight is 336 g/mol. The molecule has 0 aliphatic carbocycles. The lowest BCUT2D eigenvalue weighted by Gasteiger charge is -2.17. The molecule has 0 spiro atoms. The van der Waals surface area contributed by atoms with Crippen LogP contribution >= 0.6 is 39.0 Å². The molecule has 1 aromatic heterocycles. The van der Waals surface area contributed by atoms with Crippen LogP contribution in [0.15, 0.2) is 15.9 Å². The molecule has 1 nitrogen and oxygen atoms in total. The van der Waals surface area contributed by atoms with Gasteiger partial charge in [0.25, 0.3) is 0 Å². The normalized spacial score (nSPS) is 13.2. The number of hydrogen-bond donors (Lipinski definition) is 1. The van der Waals surface area contributed by atoms with Gasteiger partial charge in [0.05, 0.1) is 0 Å². The summed E-state index contributed by atoms with van der Waals surface area (Å²) in [5.41, 5.74) is 0. The topological polar surface area (TPSA) is 12.0 Å². The second-order valence-electron chi connectivity index (χ2n) is 4.62. The van der Waals surface area contributed by atoms with E-state index in [1.165, 1.54) is 20.9 Å². The molecule has 98 valence electrons. The van der Waals surface area contributed by atoms with Gasteiger partial charge in [0, 0.05) is 26.5 Å². The van der Waals surface area contributed by atoms with Gasteiger partial charge < -0.3 is 5.32 Å². The maximum absolute atomic E-state index is 3.58. The number of thioether (sulfide) groups is 1. The van der Waals surface area contributed by atoms with Crippen molar-refractivity contribution in [3.63, 3.8) is 0 Å². The van der Waals surface area contributed by atoms with Crippen LogP contribution in [0.1, 0.15) is 25.6 Å². The van der Waals surface area contributed by atoms with Crippen LogP contribution in [-0.2, 0) is 6.42 Å². The van der Waals surface area contributed by atoms with Crippen molar-refractivity contribution in [2.24, 2.45) is 5.92 Å². The molecule has 0 bridgehead atoms. The molecule has 0 aliphatic heterocycles. The first-order valence-electron chi connectivity index (χ1n) is 6.15. The third-order valence-corrected chi connectivity index (χ3v) is 5.59. The molecule has 17 heavy (non-hydrogen) atoms. The fourth-order valence-electron chi connectivity index (χ4n) is 1.63. The molecule has 1 rings (SSSR count). The molecule has 1 heterocycles. The van der Waals surface area contributed by atoms with E-state index < -0.39 is 0 Å². The smallest absolute Gasteiger partial charge is 0.0285 e. The molecule has 0 amide bonds. The molecule has 0 radical (unpaired) electrons. The summed E-state index contributed by atoms with van der Waals surface area (Å²) >= 11 is 7.43. The molecule has 1 aromatic rings. The second kappa shape index (κ2) is 8.57. The summed E-state index contributed by atoms with van der Waals surface area (Å²) in [5.74, 6) is 3.26. The summed E-state index contributed by atoms with van der Waals surface area (Å²) < 4.78 is 1.21. The number of hydrogen-bond acceptors (Lipinski definition) is 3. The lowest BCUT2D eigenvalue weighted by molar-refractivity contribution is 0.575. The fourth-order valence-corrected chi connectivity index (χ4v) is 4.29. The van der Waals surface area contributed by atoms with Crippen molar-refractivity contribution >= 4 is 39.0 Å². The van der Waals surface area contributed by atoms with Crippen molar-refractivity contribution in [2.45, 2.75) is 33.2 Å². The Kier molecular flexibility index (Phi) is 7.84. The molecule has 0 aliphatic rings. The summed E-state index contributed by atoms with van der Waals surface area (Å²) in [6.07, 6.45) is 1.15. The van der Waals surface area contributed by atoms with E-state index in [1.54, 1.807) is 0 Å². The molecular formula is C13H22BrNS2. The zero-order valence-electron chi connectivity index (χ0n) is 10.8. The van der Waals surface area contributed by atoms with Gasteiger partial charge in [-0.3, -0.25) is 0 Å². The summed E-state index contributed by atoms with van der Waals surface area (Å²) in [6.45, 7) is 7.81. The summed E-state index contributed by atoms with van der Waals surface area (Å²) in [6, 6.07) is 2.84. The predicted molar refractivity (Wildman–Crippen MR) is 85.4 cm³/mol. The molecule has 0 saturated carbocycles. The molecule has 0 saturated heterocycles. The van der Waals surface area contributed by atoms with E-state index in [2.05, 4.69) is 65.2 Å². The van der Waals surface area contributed by atoms with Gasteiger partial charge in [0.2, 0.25) is 0 Å². The van der Waals surface area contributed by atoms with E-state index in [9.17, 15) is 0 Å². The summed E-state index contributed by atoms with van der Waals surface area (Å²) in [4.78, 5) is 1.47. The first-order valence-corrected chi connectivity index (χ1v) is 8.98. The lowest BCUT2D eigenvalue weighted by Crippen LogP contribution is -2.33. The predicted octanol–water partition coefficient (Wildman–Crippen LogP) is 4.42. The third-order valence-electron chi connectivity index (χ3n) is 2.33. The zero-order chi connectivity index (χ0) is 12.7. The van der Waals surface area contributed by atoms with Gasteiger partial charge in [-0.15, -0.1) is 11.3 Å². The van der Waals surface area contributed by atoms with Gasteiger partial charge in [0.15, 0.2) is 0 Å². The Bertz CT molecular complexity index is 312. The van der Waals surface area contributed by atoms with E-state index in [4.69, 9.17) is 0 Å². The Morgan fingerprint density at radius 2 is 2.18 bits per heavy atom. The standard InChI is InChI=1S/C13H22BrNS2/c1-4-15-12(9-16-7-10(2)3)6-13-5-11(14)8-17-13/h5,8,10,12,15H,4,6-7,9H2,1-3H3. The van der Waals surface area contributed by atoms with Crippen LogP contribution in [0, 0.1) is 5.92 Å². The minimum absolute atomic E-state index is 0.606. The first kappa shape index (κ1) is 15.5. The Balaban J connectivity index is 2.37. The number of thiophene rings is 1. The molecule has 0 aromatic carbocycles. The highest BCUT2D eigenvalue weighted by Gasteiger charge is 2.10. The van der Waals surface area contributed by atoms with Crippen molar-refractivity contribution < 1.29 is 0 Å². The van der Waals surface area contributed by atoms with E-state index in [-0.39, 0.29) is 0 Å². The highest BCUT2D eigenvalue weighted by Crippen LogP contribution is 2.22. The van der Waals surface area contributed by atoms with E-state index in [1.807, 2.05) is 11.3 Å². The molecule has 0 fully saturated rings. The monoisotopic (exact) mass is 335 g/mol. The van der Waals surface area contributed by atoms with Gasteiger partial charge in [-0.05, 0) is 46.6 Å². The minimum Gasteiger partial charge on any atom is -0.313 e. The third kappa shape index (κ3) is 6.85. The van der Waals surface area contributed by atoms with Crippen LogP contribution in [0.25, 0.3) is 0 Å². The number of halogens is 1. The van der Waals surface area contributed by atoms with Crippen LogP contribution in [0.5, 0.6) is 0 Å². The summed E-state index contributed by atoms with van der Waals surface area (Å²) in [5, 5.41) is 5.75. The van der Waals surface area contributed by atoms with Gasteiger partial charge in [0.1, 0.15) is 0 Å². The van der Waals surface area contributed by atoms with Crippen molar-refractivity contribution in [2.75, 3.05) is 18.1 Å². The van der Waals surface area contributed by atoms with Crippen molar-refractivity contribution in [1.82, 2.24) is 5.32 Å². The van der Waals surface area contributed by atoms with Crippen molar-refractivity contribution in [1.29, 1.82) is 0 Å². The van der Waals surface area contributed by atoms with Gasteiger partial charge in [-0.2, -0.15) is 11.8 Å². The lowest BCUT2D eigenvalue weighted by atomic mass is 10.2. The summed E-state index contributed by atoms with van der Waals surface area (Å²) in [7, 11) is 0. The first-order chi connectivity index (χ1) is 8.11. The highest BCUT2D eigenvalue weighted by atomic mass is 79.9. The molecule has 1 N–H and O–H groups in total. The number of nitrogens with one attached hydrogen (secondary N) is 1. The average Bonchev–Trinajstić information content (AvgIpc) is 2.63. The fraction of sp³-hybridized carbons (Fsp3) is 0.692. The second-order valence-corrected chi connectivity index (χ2v) is 7.61. The van der Waals surface area contributed by atoms with Crippen LogP contribution in [0.4, 0.5) is 0 Å². The SMILES string of the molecule is CCNC(CSCC(C)C)Cc1cc(Br)cs1. The van der Waals surface area contributed by atoms with Crippen LogP contribution in [0.2, 0.25) is 0 Å². The van der Waals surface area contributed by atoms with E-state index >= 15 is 0 Å². The van der Waals surface area contributed by atoms with Crippen molar-refractivity contribution in [3.05, 3.63) is 20.8 Å². The maximum atomic E-state index is 3.58. The van der Waals surface area contributed by atoms with Gasteiger partial charge >= 0.3 is 0 Å². The molecule has 4 heteroatoms.